The van der Waals surface area contributed by atoms with Gasteiger partial charge in [-0.05, 0) is 55.5 Å². The molecule has 5 rings (SSSR count). The van der Waals surface area contributed by atoms with E-state index in [2.05, 4.69) is 10.4 Å². The smallest absolute Gasteiger partial charge is 0.416 e. The molecule has 2 heterocycles. The molecular weight excluding hydrogens is 567 g/mol. The van der Waals surface area contributed by atoms with Gasteiger partial charge in [-0.1, -0.05) is 24.3 Å². The van der Waals surface area contributed by atoms with Crippen LogP contribution < -0.4 is 15.0 Å². The first-order valence-corrected chi connectivity index (χ1v) is 14.1. The Morgan fingerprint density at radius 1 is 0.977 bits per heavy atom. The van der Waals surface area contributed by atoms with E-state index < -0.39 is 35.6 Å². The molecule has 1 aliphatic heterocycles. The Balaban J connectivity index is 1.27. The number of alkyl halides is 3. The number of carboxylic acids is 1. The van der Waals surface area contributed by atoms with Gasteiger partial charge in [0.1, 0.15) is 6.04 Å². The van der Waals surface area contributed by atoms with E-state index >= 15 is 0 Å². The van der Waals surface area contributed by atoms with Crippen molar-refractivity contribution in [2.24, 2.45) is 5.92 Å². The molecule has 0 spiro atoms. The van der Waals surface area contributed by atoms with Gasteiger partial charge in [0.2, 0.25) is 11.8 Å². The van der Waals surface area contributed by atoms with Crippen LogP contribution in [0.4, 0.5) is 18.9 Å². The lowest BCUT2D eigenvalue weighted by atomic mass is 10.1. The average molecular weight is 600 g/mol. The molecule has 3 aromatic rings. The average Bonchev–Trinajstić information content (AvgIpc) is 3.74. The van der Waals surface area contributed by atoms with Gasteiger partial charge in [0.25, 0.3) is 5.91 Å². The second-order valence-corrected chi connectivity index (χ2v) is 10.7. The van der Waals surface area contributed by atoms with Gasteiger partial charge in [-0.3, -0.25) is 14.4 Å². The van der Waals surface area contributed by atoms with Crippen LogP contribution in [-0.4, -0.2) is 76.4 Å². The zero-order chi connectivity index (χ0) is 30.6. The number of hydrogen-bond acceptors (Lipinski definition) is 6. The summed E-state index contributed by atoms with van der Waals surface area (Å²) < 4.78 is 47.0. The lowest BCUT2D eigenvalue weighted by Gasteiger charge is -2.37. The summed E-state index contributed by atoms with van der Waals surface area (Å²) in [6.45, 7) is 1.42. The van der Waals surface area contributed by atoms with Crippen LogP contribution in [-0.2, 0) is 15.8 Å². The number of ether oxygens (including phenoxy) is 1. The topological polar surface area (TPSA) is 117 Å². The zero-order valence-electron chi connectivity index (χ0n) is 23.3. The Labute approximate surface area is 246 Å². The van der Waals surface area contributed by atoms with E-state index in [0.29, 0.717) is 29.8 Å². The van der Waals surface area contributed by atoms with E-state index in [-0.39, 0.29) is 44.7 Å². The number of halogens is 3. The third-order valence-corrected chi connectivity index (χ3v) is 7.45. The lowest BCUT2D eigenvalue weighted by molar-refractivity contribution is -0.138. The molecule has 2 aromatic carbocycles. The lowest BCUT2D eigenvalue weighted by Crippen LogP contribution is -2.55. The van der Waals surface area contributed by atoms with E-state index in [1.165, 1.54) is 21.7 Å². The number of aliphatic carboxylic acids is 1. The highest BCUT2D eigenvalue weighted by atomic mass is 19.4. The van der Waals surface area contributed by atoms with E-state index in [1.54, 1.807) is 11.0 Å². The molecule has 1 saturated carbocycles. The van der Waals surface area contributed by atoms with E-state index in [0.717, 1.165) is 25.0 Å². The molecule has 2 fully saturated rings. The number of amides is 2. The monoisotopic (exact) mass is 599 g/mol. The van der Waals surface area contributed by atoms with Gasteiger partial charge in [0.05, 0.1) is 17.9 Å². The number of nitrogens with one attached hydrogen (secondary N) is 1. The standard InChI is InChI=1S/C30H32F3N5O5/c31-30(32,33)21-5-4-8-23(17-21)36-13-15-37(16-14-36)29(42)24(11-12-27(39)40)34-28(41)25-18-26(43-19-20-9-10-20)38(35-25)22-6-2-1-3-7-22/h1-8,17-18,20,24H,9-16,19H2,(H,34,41)(H,39,40)/t24-/m0/s1. The molecule has 13 heteroatoms. The summed E-state index contributed by atoms with van der Waals surface area (Å²) in [5.41, 5.74) is 0.337. The van der Waals surface area contributed by atoms with E-state index in [9.17, 15) is 32.7 Å². The quantitative estimate of drug-likeness (QED) is 0.342. The van der Waals surface area contributed by atoms with Crippen LogP contribution in [0.5, 0.6) is 5.88 Å². The van der Waals surface area contributed by atoms with Crippen LogP contribution in [0.2, 0.25) is 0 Å². The Hall–Kier alpha value is -4.55. The normalized spacial score (nSPS) is 16.1. The number of para-hydroxylation sites is 1. The molecular formula is C30H32F3N5O5. The van der Waals surface area contributed by atoms with Crippen LogP contribution in [0.15, 0.2) is 60.7 Å². The van der Waals surface area contributed by atoms with E-state index in [1.807, 2.05) is 30.3 Å². The highest BCUT2D eigenvalue weighted by molar-refractivity contribution is 5.96. The van der Waals surface area contributed by atoms with Crippen molar-refractivity contribution in [2.45, 2.75) is 37.9 Å². The summed E-state index contributed by atoms with van der Waals surface area (Å²) in [5, 5.41) is 16.3. The number of hydrogen-bond donors (Lipinski definition) is 2. The first-order chi connectivity index (χ1) is 20.6. The molecule has 43 heavy (non-hydrogen) atoms. The third kappa shape index (κ3) is 7.65. The van der Waals surface area contributed by atoms with Gasteiger partial charge in [-0.25, -0.2) is 4.68 Å². The molecule has 2 N–H and O–H groups in total. The van der Waals surface area contributed by atoms with Gasteiger partial charge in [-0.15, -0.1) is 0 Å². The number of carbonyl (C=O) groups excluding carboxylic acids is 2. The minimum absolute atomic E-state index is 0.0112. The molecule has 1 atom stereocenters. The zero-order valence-corrected chi connectivity index (χ0v) is 23.3. The number of carboxylic acid groups (broad SMARTS) is 1. The summed E-state index contributed by atoms with van der Waals surface area (Å²) in [6, 6.07) is 14.5. The van der Waals surface area contributed by atoms with E-state index in [4.69, 9.17) is 4.74 Å². The molecule has 10 nitrogen and oxygen atoms in total. The second kappa shape index (κ2) is 12.8. The number of nitrogens with zero attached hydrogens (tertiary/aromatic N) is 4. The minimum Gasteiger partial charge on any atom is -0.481 e. The van der Waals surface area contributed by atoms with Gasteiger partial charge < -0.3 is 25.0 Å². The van der Waals surface area contributed by atoms with Crippen molar-refractivity contribution in [1.82, 2.24) is 20.0 Å². The summed E-state index contributed by atoms with van der Waals surface area (Å²) in [6.07, 6.45) is -2.81. The van der Waals surface area contributed by atoms with Crippen LogP contribution in [0, 0.1) is 5.92 Å². The van der Waals surface area contributed by atoms with Crippen LogP contribution in [0.25, 0.3) is 5.69 Å². The van der Waals surface area contributed by atoms with Crippen molar-refractivity contribution in [3.8, 4) is 11.6 Å². The molecule has 1 saturated heterocycles. The maximum atomic E-state index is 13.5. The van der Waals surface area contributed by atoms with Crippen LogP contribution in [0.1, 0.15) is 41.7 Å². The van der Waals surface area contributed by atoms with Gasteiger partial charge >= 0.3 is 12.1 Å². The molecule has 1 aliphatic carbocycles. The Kier molecular flexibility index (Phi) is 8.88. The van der Waals surface area contributed by atoms with Crippen molar-refractivity contribution >= 4 is 23.5 Å². The minimum atomic E-state index is -4.47. The van der Waals surface area contributed by atoms with Gasteiger partial charge in [0, 0.05) is 44.4 Å². The number of aromatic nitrogens is 2. The summed E-state index contributed by atoms with van der Waals surface area (Å²) in [5.74, 6) is -1.40. The Bertz CT molecular complexity index is 1450. The molecule has 2 amide bonds. The number of rotatable bonds is 11. The number of benzene rings is 2. The third-order valence-electron chi connectivity index (χ3n) is 7.45. The van der Waals surface area contributed by atoms with Crippen molar-refractivity contribution in [1.29, 1.82) is 0 Å². The molecule has 1 aromatic heterocycles. The van der Waals surface area contributed by atoms with Gasteiger partial charge in [0.15, 0.2) is 5.69 Å². The van der Waals surface area contributed by atoms with Crippen LogP contribution in [0.3, 0.4) is 0 Å². The largest absolute Gasteiger partial charge is 0.481 e. The first kappa shape index (κ1) is 29.9. The predicted octanol–water partition coefficient (Wildman–Crippen LogP) is 3.99. The maximum absolute atomic E-state index is 13.5. The SMILES string of the molecule is O=C(O)CC[C@H](NC(=O)c1cc(OCC2CC2)n(-c2ccccc2)n1)C(=O)N1CCN(c2cccc(C(F)(F)F)c2)CC1. The molecule has 2 aliphatic rings. The molecule has 0 radical (unpaired) electrons. The maximum Gasteiger partial charge on any atom is 0.416 e. The first-order valence-electron chi connectivity index (χ1n) is 14.1. The summed E-state index contributed by atoms with van der Waals surface area (Å²) >= 11 is 0. The van der Waals surface area contributed by atoms with Crippen molar-refractivity contribution < 1.29 is 37.4 Å². The predicted molar refractivity (Wildman–Crippen MR) is 150 cm³/mol. The fourth-order valence-corrected chi connectivity index (χ4v) is 4.86. The molecule has 0 bridgehead atoms. The Morgan fingerprint density at radius 2 is 1.67 bits per heavy atom. The molecule has 228 valence electrons. The Morgan fingerprint density at radius 3 is 2.33 bits per heavy atom. The van der Waals surface area contributed by atoms with Gasteiger partial charge in [-0.2, -0.15) is 18.3 Å². The molecule has 0 unspecified atom stereocenters. The fourth-order valence-electron chi connectivity index (χ4n) is 4.86. The fraction of sp³-hybridized carbons (Fsp3) is 0.400. The number of piperazine rings is 1. The van der Waals surface area contributed by atoms with Crippen LogP contribution >= 0.6 is 0 Å². The highest BCUT2D eigenvalue weighted by Crippen LogP contribution is 2.32. The van der Waals surface area contributed by atoms with Crippen molar-refractivity contribution in [3.63, 3.8) is 0 Å². The second-order valence-electron chi connectivity index (χ2n) is 10.7. The summed E-state index contributed by atoms with van der Waals surface area (Å²) in [4.78, 5) is 41.4. The summed E-state index contributed by atoms with van der Waals surface area (Å²) in [7, 11) is 0. The highest BCUT2D eigenvalue weighted by Gasteiger charge is 2.33. The number of carbonyl (C=O) groups is 3. The number of anilines is 1. The van der Waals surface area contributed by atoms with Crippen molar-refractivity contribution in [3.05, 3.63) is 71.9 Å². The van der Waals surface area contributed by atoms with Crippen molar-refractivity contribution in [2.75, 3.05) is 37.7 Å².